The van der Waals surface area contributed by atoms with Gasteiger partial charge in [0.15, 0.2) is 19.7 Å². The standard InChI is InChI=1S/C38H53N3O7Si/c1-10-14-18-45-27-23-39-22-25-20-24-21-26-31(41(16-12-3)17-13-4)33-30(36(40-47-33)46-19-15-11-2)35(44)38(26,48-49(8,9)37(5,6)7)34(43)29(24)32(42)28(25)27/h12-13,22-24,26,31,42H,3-4,10-11,14-21H2,1-2,5-9H3/t24-,26-,31-,38-/m0/s1. The largest absolute Gasteiger partial charge is 0.507 e. The first-order valence-corrected chi connectivity index (χ1v) is 20.6. The van der Waals surface area contributed by atoms with Gasteiger partial charge in [-0.3, -0.25) is 19.5 Å². The zero-order valence-electron chi connectivity index (χ0n) is 30.3. The number of hydrogen-bond acceptors (Lipinski definition) is 10. The minimum Gasteiger partial charge on any atom is -0.507 e. The van der Waals surface area contributed by atoms with Gasteiger partial charge in [-0.2, -0.15) is 0 Å². The number of unbranched alkanes of at least 4 members (excludes halogenated alkanes) is 2. The Balaban J connectivity index is 1.79. The van der Waals surface area contributed by atoms with Gasteiger partial charge in [-0.15, -0.1) is 13.2 Å². The van der Waals surface area contributed by atoms with E-state index in [1.807, 2.05) is 20.0 Å². The van der Waals surface area contributed by atoms with Crippen LogP contribution in [0.5, 0.6) is 11.6 Å². The Morgan fingerprint density at radius 3 is 2.31 bits per heavy atom. The summed E-state index contributed by atoms with van der Waals surface area (Å²) in [6.45, 7) is 24.1. The zero-order chi connectivity index (χ0) is 35.7. The molecule has 3 aliphatic rings. The molecule has 0 aromatic carbocycles. The number of aromatic nitrogens is 2. The molecule has 3 aliphatic carbocycles. The quantitative estimate of drug-likeness (QED) is 0.0855. The van der Waals surface area contributed by atoms with Crippen molar-refractivity contribution in [1.82, 2.24) is 15.0 Å². The molecule has 1 fully saturated rings. The van der Waals surface area contributed by atoms with Gasteiger partial charge >= 0.3 is 0 Å². The third-order valence-corrected chi connectivity index (χ3v) is 15.2. The number of ketones is 2. The molecule has 0 radical (unpaired) electrons. The summed E-state index contributed by atoms with van der Waals surface area (Å²) in [7, 11) is -2.86. The van der Waals surface area contributed by atoms with Crippen LogP contribution < -0.4 is 9.47 Å². The number of fused-ring (bicyclic) bond motifs is 4. The zero-order valence-corrected chi connectivity index (χ0v) is 31.3. The van der Waals surface area contributed by atoms with Gasteiger partial charge in [0.2, 0.25) is 11.6 Å². The van der Waals surface area contributed by atoms with Gasteiger partial charge in [-0.25, -0.2) is 0 Å². The fourth-order valence-corrected chi connectivity index (χ4v) is 8.70. The second-order valence-corrected chi connectivity index (χ2v) is 19.8. The summed E-state index contributed by atoms with van der Waals surface area (Å²) in [5.41, 5.74) is -0.381. The topological polar surface area (TPSA) is 124 Å². The Morgan fingerprint density at radius 2 is 1.69 bits per heavy atom. The summed E-state index contributed by atoms with van der Waals surface area (Å²) in [5.74, 6) is -1.45. The summed E-state index contributed by atoms with van der Waals surface area (Å²) in [4.78, 5) is 37.4. The molecular formula is C38H53N3O7Si. The lowest BCUT2D eigenvalue weighted by molar-refractivity contribution is -0.141. The number of ether oxygens (including phenoxy) is 2. The summed E-state index contributed by atoms with van der Waals surface area (Å²) in [6.07, 6.45) is 11.1. The number of Topliss-reactive ketones (excluding diaryl/α,β-unsaturated/α-hetero) is 2. The minimum atomic E-state index is -2.86. The van der Waals surface area contributed by atoms with Crippen molar-refractivity contribution >= 4 is 25.6 Å². The van der Waals surface area contributed by atoms with Gasteiger partial charge in [-0.1, -0.05) is 59.6 Å². The minimum absolute atomic E-state index is 0.0621. The monoisotopic (exact) mass is 691 g/mol. The highest BCUT2D eigenvalue weighted by molar-refractivity contribution is 6.74. The lowest BCUT2D eigenvalue weighted by Gasteiger charge is -2.55. The summed E-state index contributed by atoms with van der Waals surface area (Å²) >= 11 is 0. The lowest BCUT2D eigenvalue weighted by atomic mass is 9.57. The number of carbonyl (C=O) groups is 2. The van der Waals surface area contributed by atoms with E-state index in [0.29, 0.717) is 56.2 Å². The van der Waals surface area contributed by atoms with Crippen molar-refractivity contribution in [3.05, 3.63) is 65.7 Å². The van der Waals surface area contributed by atoms with Crippen LogP contribution in [0.3, 0.4) is 0 Å². The molecule has 4 atom stereocenters. The van der Waals surface area contributed by atoms with Gasteiger partial charge in [0.05, 0.1) is 31.0 Å². The van der Waals surface area contributed by atoms with E-state index in [0.717, 1.165) is 31.2 Å². The Kier molecular flexibility index (Phi) is 10.8. The molecule has 0 saturated heterocycles. The van der Waals surface area contributed by atoms with Crippen molar-refractivity contribution in [3.63, 3.8) is 0 Å². The molecule has 0 spiro atoms. The lowest BCUT2D eigenvalue weighted by Crippen LogP contribution is -2.68. The fraction of sp³-hybridized carbons (Fsp3) is 0.579. The van der Waals surface area contributed by atoms with Crippen LogP contribution >= 0.6 is 0 Å². The van der Waals surface area contributed by atoms with E-state index in [1.54, 1.807) is 24.5 Å². The van der Waals surface area contributed by atoms with Crippen LogP contribution in [0.25, 0.3) is 5.76 Å². The normalized spacial score (nSPS) is 23.5. The Labute approximate surface area is 291 Å². The van der Waals surface area contributed by atoms with Crippen LogP contribution in [0.1, 0.15) is 100 Å². The van der Waals surface area contributed by atoms with Crippen LogP contribution in [-0.2, 0) is 15.6 Å². The molecule has 0 aliphatic heterocycles. The average Bonchev–Trinajstić information content (AvgIpc) is 3.45. The molecule has 5 rings (SSSR count). The Bertz CT molecular complexity index is 1610. The SMILES string of the molecule is C=CCN(CC=C)[C@@H]1c2onc(OCCCC)c2C(=O)[C@@]2(O[Si](C)(C)C(C)(C)C)C(=O)C3=C(O)c4c(cncc4OCCCC)C[C@H]3C[C@@H]12. The molecule has 0 unspecified atom stereocenters. The van der Waals surface area contributed by atoms with Crippen LogP contribution in [0, 0.1) is 11.8 Å². The average molecular weight is 692 g/mol. The first kappa shape index (κ1) is 36.7. The van der Waals surface area contributed by atoms with E-state index in [-0.39, 0.29) is 27.8 Å². The number of rotatable bonds is 15. The number of pyridine rings is 1. The first-order valence-electron chi connectivity index (χ1n) is 17.7. The van der Waals surface area contributed by atoms with Gasteiger partial charge in [0.1, 0.15) is 17.1 Å². The molecule has 10 nitrogen and oxygen atoms in total. The molecule has 1 saturated carbocycles. The van der Waals surface area contributed by atoms with Crippen molar-refractivity contribution < 1.29 is 33.1 Å². The van der Waals surface area contributed by atoms with Gasteiger partial charge in [-0.05, 0) is 60.5 Å². The van der Waals surface area contributed by atoms with Crippen LogP contribution in [0.4, 0.5) is 0 Å². The molecule has 2 aromatic rings. The number of nitrogens with zero attached hydrogens (tertiary/aromatic N) is 3. The van der Waals surface area contributed by atoms with E-state index in [2.05, 4.69) is 55.9 Å². The predicted molar refractivity (Wildman–Crippen MR) is 191 cm³/mol. The Morgan fingerprint density at radius 1 is 1.04 bits per heavy atom. The van der Waals surface area contributed by atoms with Crippen LogP contribution in [0.15, 0.2) is 47.8 Å². The van der Waals surface area contributed by atoms with Crippen molar-refractivity contribution in [1.29, 1.82) is 0 Å². The maximum absolute atomic E-state index is 15.6. The Hall–Kier alpha value is -3.54. The number of aliphatic hydroxyl groups excluding tert-OH is 1. The van der Waals surface area contributed by atoms with Gasteiger partial charge < -0.3 is 23.5 Å². The van der Waals surface area contributed by atoms with Crippen molar-refractivity contribution in [2.24, 2.45) is 11.8 Å². The molecule has 1 N–H and O–H groups in total. The van der Waals surface area contributed by atoms with Crippen LogP contribution in [0.2, 0.25) is 18.1 Å². The highest BCUT2D eigenvalue weighted by atomic mass is 28.4. The van der Waals surface area contributed by atoms with Crippen molar-refractivity contribution in [2.75, 3.05) is 26.3 Å². The summed E-state index contributed by atoms with van der Waals surface area (Å²) in [5, 5.41) is 16.0. The smallest absolute Gasteiger partial charge is 0.265 e. The molecule has 49 heavy (non-hydrogen) atoms. The highest BCUT2D eigenvalue weighted by Crippen LogP contribution is 2.59. The second-order valence-electron chi connectivity index (χ2n) is 15.0. The number of hydrogen-bond donors (Lipinski definition) is 1. The van der Waals surface area contributed by atoms with E-state index in [9.17, 15) is 5.11 Å². The third-order valence-electron chi connectivity index (χ3n) is 10.7. The summed E-state index contributed by atoms with van der Waals surface area (Å²) < 4.78 is 25.4. The maximum Gasteiger partial charge on any atom is 0.265 e. The maximum atomic E-state index is 15.6. The number of aliphatic hydroxyl groups is 1. The predicted octanol–water partition coefficient (Wildman–Crippen LogP) is 7.83. The molecule has 0 bridgehead atoms. The molecule has 266 valence electrons. The number of carbonyl (C=O) groups excluding carboxylic acids is 2. The molecule has 0 amide bonds. The third kappa shape index (κ3) is 6.34. The molecule has 11 heteroatoms. The molecular weight excluding hydrogens is 639 g/mol. The van der Waals surface area contributed by atoms with Crippen molar-refractivity contribution in [2.45, 2.75) is 103 Å². The highest BCUT2D eigenvalue weighted by Gasteiger charge is 2.69. The van der Waals surface area contributed by atoms with E-state index >= 15 is 9.59 Å². The van der Waals surface area contributed by atoms with Gasteiger partial charge in [0.25, 0.3) is 5.88 Å². The van der Waals surface area contributed by atoms with Gasteiger partial charge in [0, 0.05) is 30.8 Å². The van der Waals surface area contributed by atoms with E-state index < -0.39 is 43.4 Å². The van der Waals surface area contributed by atoms with Crippen molar-refractivity contribution in [3.8, 4) is 11.6 Å². The first-order chi connectivity index (χ1) is 23.3. The summed E-state index contributed by atoms with van der Waals surface area (Å²) in [6, 6.07) is -0.597. The molecule has 2 heterocycles. The van der Waals surface area contributed by atoms with Crippen LogP contribution in [-0.4, -0.2) is 71.9 Å². The second kappa shape index (κ2) is 14.4. The molecule has 2 aromatic heterocycles. The van der Waals surface area contributed by atoms with E-state index in [1.165, 1.54) is 0 Å². The van der Waals surface area contributed by atoms with E-state index in [4.69, 9.17) is 18.4 Å². The fourth-order valence-electron chi connectivity index (χ4n) is 7.25.